The van der Waals surface area contributed by atoms with Gasteiger partial charge in [0.1, 0.15) is 0 Å². The molecule has 0 atom stereocenters. The second-order valence-electron chi connectivity index (χ2n) is 4.87. The first-order valence-electron chi connectivity index (χ1n) is 5.39. The predicted octanol–water partition coefficient (Wildman–Crippen LogP) is 4.13. The first-order chi connectivity index (χ1) is 6.94. The van der Waals surface area contributed by atoms with Crippen LogP contribution < -0.4 is 5.73 Å². The molecule has 1 aromatic heterocycles. The fourth-order valence-corrected chi connectivity index (χ4v) is 3.25. The van der Waals surface area contributed by atoms with Gasteiger partial charge in [0, 0.05) is 4.88 Å². The van der Waals surface area contributed by atoms with Crippen LogP contribution in [0.2, 0.25) is 0 Å². The summed E-state index contributed by atoms with van der Waals surface area (Å²) in [6.07, 6.45) is 3.50. The second-order valence-corrected chi connectivity index (χ2v) is 7.33. The van der Waals surface area contributed by atoms with E-state index in [-0.39, 0.29) is 0 Å². The van der Waals surface area contributed by atoms with Gasteiger partial charge in [-0.15, -0.1) is 11.3 Å². The maximum absolute atomic E-state index is 5.61. The number of nitrogens with two attached hydrogens (primary N) is 1. The van der Waals surface area contributed by atoms with E-state index in [9.17, 15) is 0 Å². The lowest BCUT2D eigenvalue weighted by Crippen LogP contribution is -2.17. The largest absolute Gasteiger partial charge is 0.330 e. The lowest BCUT2D eigenvalue weighted by Gasteiger charge is -2.23. The lowest BCUT2D eigenvalue weighted by molar-refractivity contribution is 0.314. The zero-order valence-electron chi connectivity index (χ0n) is 9.77. The van der Waals surface area contributed by atoms with Gasteiger partial charge in [-0.25, -0.2) is 0 Å². The van der Waals surface area contributed by atoms with Crippen LogP contribution in [0.1, 0.15) is 37.1 Å². The van der Waals surface area contributed by atoms with Gasteiger partial charge in [-0.1, -0.05) is 13.8 Å². The molecule has 0 amide bonds. The highest BCUT2D eigenvalue weighted by Gasteiger charge is 2.17. The number of thiophene rings is 1. The van der Waals surface area contributed by atoms with Crippen LogP contribution in [0.5, 0.6) is 0 Å². The van der Waals surface area contributed by atoms with Crippen molar-refractivity contribution >= 4 is 27.3 Å². The molecule has 0 aromatic carbocycles. The number of halogens is 1. The van der Waals surface area contributed by atoms with Gasteiger partial charge in [-0.2, -0.15) is 0 Å². The monoisotopic (exact) mass is 289 g/mol. The van der Waals surface area contributed by atoms with Gasteiger partial charge in [0.05, 0.1) is 3.79 Å². The molecular weight excluding hydrogens is 270 g/mol. The minimum absolute atomic E-state index is 0.374. The lowest BCUT2D eigenvalue weighted by atomic mass is 9.84. The molecule has 1 nitrogen and oxygen atoms in total. The summed E-state index contributed by atoms with van der Waals surface area (Å²) in [5.41, 5.74) is 7.33. The highest BCUT2D eigenvalue weighted by atomic mass is 79.9. The summed E-state index contributed by atoms with van der Waals surface area (Å²) in [7, 11) is 0. The van der Waals surface area contributed by atoms with E-state index in [1.807, 2.05) is 11.3 Å². The molecule has 3 heteroatoms. The second kappa shape index (κ2) is 5.46. The summed E-state index contributed by atoms with van der Waals surface area (Å²) in [6, 6.07) is 2.28. The minimum Gasteiger partial charge on any atom is -0.330 e. The standard InChI is InChI=1S/C12H20BrNS/c1-9-8-10(15-11(9)13)4-5-12(2,3)6-7-14/h8H,4-7,14H2,1-3H3. The Morgan fingerprint density at radius 3 is 2.53 bits per heavy atom. The van der Waals surface area contributed by atoms with Crippen LogP contribution in [0.4, 0.5) is 0 Å². The van der Waals surface area contributed by atoms with Crippen molar-refractivity contribution in [1.29, 1.82) is 0 Å². The summed E-state index contributed by atoms with van der Waals surface area (Å²) in [5.74, 6) is 0. The zero-order valence-corrected chi connectivity index (χ0v) is 12.2. The Hall–Kier alpha value is 0.140. The highest BCUT2D eigenvalue weighted by Crippen LogP contribution is 2.32. The summed E-state index contributed by atoms with van der Waals surface area (Å²) in [5, 5.41) is 0. The number of aryl methyl sites for hydroxylation is 2. The molecule has 0 unspecified atom stereocenters. The van der Waals surface area contributed by atoms with Gasteiger partial charge in [0.25, 0.3) is 0 Å². The molecule has 86 valence electrons. The van der Waals surface area contributed by atoms with Crippen LogP contribution in [0.15, 0.2) is 9.85 Å². The SMILES string of the molecule is Cc1cc(CCC(C)(C)CCN)sc1Br. The Morgan fingerprint density at radius 1 is 1.40 bits per heavy atom. The van der Waals surface area contributed by atoms with Gasteiger partial charge in [0.2, 0.25) is 0 Å². The van der Waals surface area contributed by atoms with Crippen LogP contribution in [0, 0.1) is 12.3 Å². The summed E-state index contributed by atoms with van der Waals surface area (Å²) < 4.78 is 1.27. The molecule has 1 heterocycles. The highest BCUT2D eigenvalue weighted by molar-refractivity contribution is 9.11. The molecule has 0 fully saturated rings. The third-order valence-corrected chi connectivity index (χ3v) is 4.97. The van der Waals surface area contributed by atoms with Crippen molar-refractivity contribution in [3.05, 3.63) is 20.3 Å². The van der Waals surface area contributed by atoms with E-state index in [0.29, 0.717) is 5.41 Å². The fourth-order valence-electron chi connectivity index (χ4n) is 1.62. The fraction of sp³-hybridized carbons (Fsp3) is 0.667. The summed E-state index contributed by atoms with van der Waals surface area (Å²) in [6.45, 7) is 7.54. The molecule has 0 aliphatic carbocycles. The average Bonchev–Trinajstić information content (AvgIpc) is 2.44. The number of hydrogen-bond donors (Lipinski definition) is 1. The van der Waals surface area contributed by atoms with Gasteiger partial charge in [-0.3, -0.25) is 0 Å². The van der Waals surface area contributed by atoms with E-state index >= 15 is 0 Å². The van der Waals surface area contributed by atoms with Crippen LogP contribution in [-0.2, 0) is 6.42 Å². The predicted molar refractivity (Wildman–Crippen MR) is 72.5 cm³/mol. The molecule has 2 N–H and O–H groups in total. The van der Waals surface area contributed by atoms with Gasteiger partial charge in [0.15, 0.2) is 0 Å². The molecule has 1 rings (SSSR count). The van der Waals surface area contributed by atoms with E-state index in [0.717, 1.165) is 13.0 Å². The van der Waals surface area contributed by atoms with Gasteiger partial charge >= 0.3 is 0 Å². The molecule has 0 bridgehead atoms. The van der Waals surface area contributed by atoms with Crippen molar-refractivity contribution in [3.63, 3.8) is 0 Å². The van der Waals surface area contributed by atoms with Crippen molar-refractivity contribution in [2.24, 2.45) is 11.1 Å². The van der Waals surface area contributed by atoms with E-state index in [1.165, 1.54) is 27.1 Å². The number of hydrogen-bond acceptors (Lipinski definition) is 2. The Labute approximate surface area is 105 Å². The normalized spacial score (nSPS) is 12.1. The van der Waals surface area contributed by atoms with Crippen LogP contribution >= 0.6 is 27.3 Å². The maximum Gasteiger partial charge on any atom is 0.0730 e. The van der Waals surface area contributed by atoms with Crippen molar-refractivity contribution in [3.8, 4) is 0 Å². The Bertz CT molecular complexity index is 298. The summed E-state index contributed by atoms with van der Waals surface area (Å²) >= 11 is 5.42. The van der Waals surface area contributed by atoms with E-state index < -0.39 is 0 Å². The van der Waals surface area contributed by atoms with Crippen LogP contribution in [0.25, 0.3) is 0 Å². The first-order valence-corrected chi connectivity index (χ1v) is 7.00. The van der Waals surface area contributed by atoms with Crippen molar-refractivity contribution < 1.29 is 0 Å². The Morgan fingerprint density at radius 2 is 2.07 bits per heavy atom. The zero-order chi connectivity index (χ0) is 11.5. The molecule has 0 aliphatic heterocycles. The molecule has 0 saturated heterocycles. The molecule has 0 saturated carbocycles. The third-order valence-electron chi connectivity index (χ3n) is 2.78. The van der Waals surface area contributed by atoms with Crippen LogP contribution in [0.3, 0.4) is 0 Å². The van der Waals surface area contributed by atoms with Gasteiger partial charge in [-0.05, 0) is 65.7 Å². The maximum atomic E-state index is 5.61. The Kier molecular flexibility index (Phi) is 4.81. The quantitative estimate of drug-likeness (QED) is 0.867. The number of rotatable bonds is 5. The van der Waals surface area contributed by atoms with Crippen molar-refractivity contribution in [1.82, 2.24) is 0 Å². The van der Waals surface area contributed by atoms with Crippen molar-refractivity contribution in [2.75, 3.05) is 6.54 Å². The van der Waals surface area contributed by atoms with Crippen molar-refractivity contribution in [2.45, 2.75) is 40.0 Å². The molecule has 0 spiro atoms. The van der Waals surface area contributed by atoms with E-state index in [2.05, 4.69) is 42.8 Å². The molecule has 0 radical (unpaired) electrons. The smallest absolute Gasteiger partial charge is 0.0730 e. The third kappa shape index (κ3) is 4.25. The first kappa shape index (κ1) is 13.2. The molecule has 0 aliphatic rings. The summed E-state index contributed by atoms with van der Waals surface area (Å²) in [4.78, 5) is 1.48. The molecule has 1 aromatic rings. The average molecular weight is 290 g/mol. The Balaban J connectivity index is 2.49. The topological polar surface area (TPSA) is 26.0 Å². The van der Waals surface area contributed by atoms with E-state index in [4.69, 9.17) is 5.73 Å². The molecular formula is C12H20BrNS. The van der Waals surface area contributed by atoms with Gasteiger partial charge < -0.3 is 5.73 Å². The van der Waals surface area contributed by atoms with E-state index in [1.54, 1.807) is 0 Å². The molecule has 15 heavy (non-hydrogen) atoms. The van der Waals surface area contributed by atoms with Crippen LogP contribution in [-0.4, -0.2) is 6.54 Å². The minimum atomic E-state index is 0.374.